The number of nitrogens with zero attached hydrogens (tertiary/aromatic N) is 5. The first-order chi connectivity index (χ1) is 11.0. The molecule has 0 spiro atoms. The Bertz CT molecular complexity index is 794. The van der Waals surface area contributed by atoms with E-state index in [1.807, 2.05) is 11.9 Å². The third-order valence-corrected chi connectivity index (χ3v) is 4.34. The molecule has 0 bridgehead atoms. The average molecular weight is 320 g/mol. The van der Waals surface area contributed by atoms with E-state index in [0.29, 0.717) is 19.0 Å². The van der Waals surface area contributed by atoms with Crippen LogP contribution in [0.5, 0.6) is 0 Å². The SMILES string of the molecule is CN(C[C@H]1OCC[C@H]1c1ncn[nH]1)c1cc(=O)n(C)c(=O)n1C. The van der Waals surface area contributed by atoms with Crippen LogP contribution in [0.25, 0.3) is 0 Å². The molecule has 1 fully saturated rings. The molecule has 2 aromatic heterocycles. The van der Waals surface area contributed by atoms with E-state index in [1.165, 1.54) is 24.0 Å². The van der Waals surface area contributed by atoms with Gasteiger partial charge < -0.3 is 9.64 Å². The summed E-state index contributed by atoms with van der Waals surface area (Å²) in [4.78, 5) is 30.0. The van der Waals surface area contributed by atoms with Gasteiger partial charge in [-0.2, -0.15) is 5.10 Å². The van der Waals surface area contributed by atoms with Crippen LogP contribution in [0, 0.1) is 0 Å². The third-order valence-electron chi connectivity index (χ3n) is 4.34. The predicted molar refractivity (Wildman–Crippen MR) is 83.7 cm³/mol. The van der Waals surface area contributed by atoms with Crippen LogP contribution in [0.1, 0.15) is 18.2 Å². The van der Waals surface area contributed by atoms with Crippen molar-refractivity contribution >= 4 is 5.82 Å². The molecule has 0 radical (unpaired) electrons. The minimum absolute atomic E-state index is 0.0767. The Balaban J connectivity index is 1.83. The van der Waals surface area contributed by atoms with Gasteiger partial charge in [0.25, 0.3) is 5.56 Å². The minimum atomic E-state index is -0.349. The predicted octanol–water partition coefficient (Wildman–Crippen LogP) is -0.789. The summed E-state index contributed by atoms with van der Waals surface area (Å²) in [5.74, 6) is 1.49. The summed E-state index contributed by atoms with van der Waals surface area (Å²) in [6.07, 6.45) is 2.27. The zero-order valence-electron chi connectivity index (χ0n) is 13.4. The van der Waals surface area contributed by atoms with Crippen LogP contribution in [0.4, 0.5) is 5.82 Å². The first kappa shape index (κ1) is 15.5. The monoisotopic (exact) mass is 320 g/mol. The van der Waals surface area contributed by atoms with Gasteiger partial charge in [-0.05, 0) is 6.42 Å². The van der Waals surface area contributed by atoms with Crippen molar-refractivity contribution < 1.29 is 4.74 Å². The summed E-state index contributed by atoms with van der Waals surface area (Å²) in [5.41, 5.74) is -0.674. The van der Waals surface area contributed by atoms with Crippen molar-refractivity contribution in [2.45, 2.75) is 18.4 Å². The summed E-state index contributed by atoms with van der Waals surface area (Å²) in [5, 5.41) is 6.78. The minimum Gasteiger partial charge on any atom is -0.376 e. The Morgan fingerprint density at radius 1 is 1.39 bits per heavy atom. The van der Waals surface area contributed by atoms with Crippen LogP contribution in [0.3, 0.4) is 0 Å². The molecule has 2 aromatic rings. The number of hydrogen-bond donors (Lipinski definition) is 1. The second kappa shape index (κ2) is 5.99. The van der Waals surface area contributed by atoms with Crippen LogP contribution in [0.2, 0.25) is 0 Å². The quantitative estimate of drug-likeness (QED) is 0.793. The van der Waals surface area contributed by atoms with E-state index >= 15 is 0 Å². The molecule has 9 nitrogen and oxygen atoms in total. The van der Waals surface area contributed by atoms with Crippen LogP contribution in [-0.2, 0) is 18.8 Å². The lowest BCUT2D eigenvalue weighted by Crippen LogP contribution is -2.41. The first-order valence-electron chi connectivity index (χ1n) is 7.44. The molecule has 1 aliphatic rings. The smallest absolute Gasteiger partial charge is 0.332 e. The largest absolute Gasteiger partial charge is 0.376 e. The lowest BCUT2D eigenvalue weighted by Gasteiger charge is -2.26. The van der Waals surface area contributed by atoms with Gasteiger partial charge >= 0.3 is 5.69 Å². The maximum absolute atomic E-state index is 12.0. The van der Waals surface area contributed by atoms with Crippen LogP contribution < -0.4 is 16.1 Å². The Morgan fingerprint density at radius 3 is 2.87 bits per heavy atom. The molecular formula is C14H20N6O3. The highest BCUT2D eigenvalue weighted by molar-refractivity contribution is 5.37. The fourth-order valence-electron chi connectivity index (χ4n) is 2.99. The van der Waals surface area contributed by atoms with Crippen molar-refractivity contribution in [3.63, 3.8) is 0 Å². The Hall–Kier alpha value is -2.42. The molecule has 0 aromatic carbocycles. The van der Waals surface area contributed by atoms with Crippen LogP contribution in [-0.4, -0.2) is 50.6 Å². The highest BCUT2D eigenvalue weighted by Crippen LogP contribution is 2.29. The van der Waals surface area contributed by atoms with Gasteiger partial charge in [-0.15, -0.1) is 0 Å². The number of likely N-dealkylation sites (N-methyl/N-ethyl adjacent to an activating group) is 1. The van der Waals surface area contributed by atoms with Gasteiger partial charge in [0.05, 0.1) is 6.10 Å². The number of hydrogen-bond acceptors (Lipinski definition) is 6. The van der Waals surface area contributed by atoms with Gasteiger partial charge in [0.15, 0.2) is 0 Å². The average Bonchev–Trinajstić information content (AvgIpc) is 3.19. The lowest BCUT2D eigenvalue weighted by molar-refractivity contribution is 0.108. The fraction of sp³-hybridized carbons (Fsp3) is 0.571. The Morgan fingerprint density at radius 2 is 2.17 bits per heavy atom. The van der Waals surface area contributed by atoms with Gasteiger partial charge in [-0.1, -0.05) is 0 Å². The van der Waals surface area contributed by atoms with Gasteiger partial charge in [-0.25, -0.2) is 9.78 Å². The van der Waals surface area contributed by atoms with E-state index in [0.717, 1.165) is 16.8 Å². The lowest BCUT2D eigenvalue weighted by atomic mass is 10.0. The van der Waals surface area contributed by atoms with Crippen molar-refractivity contribution in [2.75, 3.05) is 25.1 Å². The molecular weight excluding hydrogens is 300 g/mol. The molecule has 124 valence electrons. The van der Waals surface area contributed by atoms with Crippen molar-refractivity contribution in [1.29, 1.82) is 0 Å². The second-order valence-corrected chi connectivity index (χ2v) is 5.80. The molecule has 0 amide bonds. The van der Waals surface area contributed by atoms with Crippen molar-refractivity contribution in [2.24, 2.45) is 14.1 Å². The molecule has 3 rings (SSSR count). The molecule has 1 aliphatic heterocycles. The van der Waals surface area contributed by atoms with E-state index in [4.69, 9.17) is 4.74 Å². The van der Waals surface area contributed by atoms with E-state index in [-0.39, 0.29) is 23.3 Å². The van der Waals surface area contributed by atoms with Gasteiger partial charge in [0, 0.05) is 46.3 Å². The zero-order valence-corrected chi connectivity index (χ0v) is 13.4. The summed E-state index contributed by atoms with van der Waals surface area (Å²) >= 11 is 0. The standard InChI is InChI=1S/C14H20N6O3/c1-18(11-6-12(21)20(3)14(22)19(11)2)7-10-9(4-5-23-10)13-15-8-16-17-13/h6,8-10H,4-5,7H2,1-3H3,(H,15,16,17)/t9-,10-/m1/s1. The molecule has 23 heavy (non-hydrogen) atoms. The first-order valence-corrected chi connectivity index (χ1v) is 7.44. The van der Waals surface area contributed by atoms with E-state index < -0.39 is 0 Å². The van der Waals surface area contributed by atoms with Gasteiger partial charge in [0.2, 0.25) is 0 Å². The van der Waals surface area contributed by atoms with Crippen molar-refractivity contribution in [3.8, 4) is 0 Å². The molecule has 1 N–H and O–H groups in total. The number of aromatic nitrogens is 5. The Kier molecular flexibility index (Phi) is 4.03. The van der Waals surface area contributed by atoms with Gasteiger partial charge in [-0.3, -0.25) is 19.0 Å². The summed E-state index contributed by atoms with van der Waals surface area (Å²) in [6.45, 7) is 1.20. The topological polar surface area (TPSA) is 98.0 Å². The molecule has 1 saturated heterocycles. The molecule has 3 heterocycles. The molecule has 2 atom stereocenters. The normalized spacial score (nSPS) is 20.8. The number of nitrogens with one attached hydrogen (secondary N) is 1. The summed E-state index contributed by atoms with van der Waals surface area (Å²) in [6, 6.07) is 1.46. The van der Waals surface area contributed by atoms with E-state index in [2.05, 4.69) is 15.2 Å². The highest BCUT2D eigenvalue weighted by atomic mass is 16.5. The number of ether oxygens (including phenoxy) is 1. The van der Waals surface area contributed by atoms with E-state index in [1.54, 1.807) is 7.05 Å². The van der Waals surface area contributed by atoms with Crippen LogP contribution in [0.15, 0.2) is 22.0 Å². The number of aromatic amines is 1. The van der Waals surface area contributed by atoms with Gasteiger partial charge in [0.1, 0.15) is 18.0 Å². The maximum Gasteiger partial charge on any atom is 0.332 e. The molecule has 0 unspecified atom stereocenters. The van der Waals surface area contributed by atoms with E-state index in [9.17, 15) is 9.59 Å². The maximum atomic E-state index is 12.0. The molecule has 0 saturated carbocycles. The highest BCUT2D eigenvalue weighted by Gasteiger charge is 2.33. The number of anilines is 1. The van der Waals surface area contributed by atoms with Crippen LogP contribution >= 0.6 is 0 Å². The molecule has 9 heteroatoms. The number of H-pyrrole nitrogens is 1. The number of rotatable bonds is 4. The second-order valence-electron chi connectivity index (χ2n) is 5.80. The van der Waals surface area contributed by atoms with Crippen molar-refractivity contribution in [3.05, 3.63) is 39.1 Å². The Labute approximate surface area is 132 Å². The third kappa shape index (κ3) is 2.79. The van der Waals surface area contributed by atoms with Crippen molar-refractivity contribution in [1.82, 2.24) is 24.3 Å². The summed E-state index contributed by atoms with van der Waals surface area (Å²) in [7, 11) is 4.96. The fourth-order valence-corrected chi connectivity index (χ4v) is 2.99. The molecule has 0 aliphatic carbocycles. The summed E-state index contributed by atoms with van der Waals surface area (Å²) < 4.78 is 8.35. The zero-order chi connectivity index (χ0) is 16.6.